The molecule has 28 heavy (non-hydrogen) atoms. The second-order valence-corrected chi connectivity index (χ2v) is 8.16. The molecule has 0 radical (unpaired) electrons. The van der Waals surface area contributed by atoms with Crippen LogP contribution in [0.3, 0.4) is 0 Å². The number of benzene rings is 3. The molecule has 1 aliphatic rings. The van der Waals surface area contributed by atoms with E-state index in [4.69, 9.17) is 0 Å². The highest BCUT2D eigenvalue weighted by molar-refractivity contribution is 9.10. The van der Waals surface area contributed by atoms with Crippen molar-refractivity contribution < 1.29 is 9.59 Å². The molecular formula is C21H16BrN3O2S. The summed E-state index contributed by atoms with van der Waals surface area (Å²) in [7, 11) is 0. The summed E-state index contributed by atoms with van der Waals surface area (Å²) >= 11 is 5.03. The second-order valence-electron chi connectivity index (χ2n) is 6.22. The van der Waals surface area contributed by atoms with Crippen molar-refractivity contribution in [3.05, 3.63) is 82.3 Å². The average molecular weight is 454 g/mol. The lowest BCUT2D eigenvalue weighted by atomic mass is 10.1. The van der Waals surface area contributed by atoms with Gasteiger partial charge in [0.25, 0.3) is 5.91 Å². The maximum Gasteiger partial charge on any atom is 0.345 e. The van der Waals surface area contributed by atoms with Crippen molar-refractivity contribution in [3.8, 4) is 0 Å². The van der Waals surface area contributed by atoms with Crippen LogP contribution in [-0.4, -0.2) is 11.9 Å². The van der Waals surface area contributed by atoms with E-state index in [0.29, 0.717) is 5.56 Å². The Bertz CT molecular complexity index is 1040. The molecule has 0 aliphatic carbocycles. The van der Waals surface area contributed by atoms with Crippen LogP contribution in [0, 0.1) is 6.92 Å². The number of hydrazine groups is 1. The van der Waals surface area contributed by atoms with E-state index in [1.165, 1.54) is 0 Å². The Morgan fingerprint density at radius 3 is 2.11 bits per heavy atom. The van der Waals surface area contributed by atoms with Crippen molar-refractivity contribution in [3.63, 3.8) is 0 Å². The zero-order chi connectivity index (χ0) is 19.7. The zero-order valence-corrected chi connectivity index (χ0v) is 17.3. The molecule has 0 aromatic heterocycles. The summed E-state index contributed by atoms with van der Waals surface area (Å²) in [6.45, 7) is 1.94. The third kappa shape index (κ3) is 3.50. The molecule has 0 saturated carbocycles. The molecule has 3 aromatic rings. The minimum absolute atomic E-state index is 0.387. The lowest BCUT2D eigenvalue weighted by Crippen LogP contribution is -2.48. The van der Waals surface area contributed by atoms with Gasteiger partial charge in [0.2, 0.25) is 0 Å². The molecule has 1 aliphatic heterocycles. The van der Waals surface area contributed by atoms with Gasteiger partial charge >= 0.3 is 6.03 Å². The Kier molecular flexibility index (Phi) is 5.11. The summed E-state index contributed by atoms with van der Waals surface area (Å²) in [5, 5.41) is 0. The van der Waals surface area contributed by atoms with Gasteiger partial charge in [0.1, 0.15) is 0 Å². The highest BCUT2D eigenvalue weighted by atomic mass is 79.9. The molecule has 3 amide bonds. The number of hydrogen-bond donors (Lipinski definition) is 2. The first-order valence-electron chi connectivity index (χ1n) is 8.57. The standard InChI is InChI=1S/C21H16BrN3O2S/c1-13-10-11-14(12-15(13)22)20(26)23-24-21(27)25-16-6-2-4-8-18(16)28-19-9-5-3-7-17(19)25/h2-12H,1H3,(H,23,26)(H,24,27). The molecule has 140 valence electrons. The molecule has 0 saturated heterocycles. The van der Waals surface area contributed by atoms with Crippen LogP contribution < -0.4 is 15.8 Å². The topological polar surface area (TPSA) is 61.4 Å². The largest absolute Gasteiger partial charge is 0.345 e. The average Bonchev–Trinajstić information content (AvgIpc) is 2.71. The Morgan fingerprint density at radius 2 is 1.50 bits per heavy atom. The molecule has 7 heteroatoms. The Morgan fingerprint density at radius 1 is 0.893 bits per heavy atom. The molecule has 0 spiro atoms. The molecule has 0 atom stereocenters. The molecular weight excluding hydrogens is 438 g/mol. The summed E-state index contributed by atoms with van der Waals surface area (Å²) in [6.07, 6.45) is 0. The molecule has 0 fully saturated rings. The van der Waals surface area contributed by atoms with E-state index in [-0.39, 0.29) is 5.91 Å². The fourth-order valence-electron chi connectivity index (χ4n) is 2.90. The van der Waals surface area contributed by atoms with Crippen molar-refractivity contribution in [1.82, 2.24) is 10.9 Å². The number of halogens is 1. The fraction of sp³-hybridized carbons (Fsp3) is 0.0476. The monoisotopic (exact) mass is 453 g/mol. The number of carbonyl (C=O) groups excluding carboxylic acids is 2. The van der Waals surface area contributed by atoms with Gasteiger partial charge in [-0.05, 0) is 48.9 Å². The number of anilines is 2. The lowest BCUT2D eigenvalue weighted by molar-refractivity contribution is 0.0937. The highest BCUT2D eigenvalue weighted by Gasteiger charge is 2.28. The van der Waals surface area contributed by atoms with Crippen molar-refractivity contribution >= 4 is 51.0 Å². The number of rotatable bonds is 1. The van der Waals surface area contributed by atoms with Crippen LogP contribution >= 0.6 is 27.7 Å². The summed E-state index contributed by atoms with van der Waals surface area (Å²) in [6, 6.07) is 20.2. The SMILES string of the molecule is Cc1ccc(C(=O)NNC(=O)N2c3ccccc3Sc3ccccc32)cc1Br. The first-order valence-corrected chi connectivity index (χ1v) is 10.2. The fourth-order valence-corrected chi connectivity index (χ4v) is 4.33. The summed E-state index contributed by atoms with van der Waals surface area (Å²) < 4.78 is 0.836. The van der Waals surface area contributed by atoms with Crippen LogP contribution in [0.25, 0.3) is 0 Å². The second kappa shape index (κ2) is 7.69. The maximum absolute atomic E-state index is 13.0. The summed E-state index contributed by atoms with van der Waals surface area (Å²) in [5.74, 6) is -0.387. The smallest absolute Gasteiger partial charge is 0.267 e. The summed E-state index contributed by atoms with van der Waals surface area (Å²) in [5.41, 5.74) is 8.05. The van der Waals surface area contributed by atoms with Crippen LogP contribution in [-0.2, 0) is 0 Å². The summed E-state index contributed by atoms with van der Waals surface area (Å²) in [4.78, 5) is 28.9. The quantitative estimate of drug-likeness (QED) is 0.483. The van der Waals surface area contributed by atoms with Gasteiger partial charge in [-0.1, -0.05) is 58.0 Å². The minimum Gasteiger partial charge on any atom is -0.267 e. The Labute approximate surface area is 175 Å². The number of carbonyl (C=O) groups is 2. The van der Waals surface area contributed by atoms with E-state index in [1.54, 1.807) is 28.8 Å². The third-order valence-electron chi connectivity index (χ3n) is 4.35. The van der Waals surface area contributed by atoms with E-state index in [9.17, 15) is 9.59 Å². The molecule has 4 rings (SSSR count). The third-order valence-corrected chi connectivity index (χ3v) is 6.34. The first-order chi connectivity index (χ1) is 13.5. The van der Waals surface area contributed by atoms with Crippen LogP contribution in [0.1, 0.15) is 15.9 Å². The van der Waals surface area contributed by atoms with Gasteiger partial charge in [-0.2, -0.15) is 0 Å². The van der Waals surface area contributed by atoms with E-state index < -0.39 is 6.03 Å². The predicted octanol–water partition coefficient (Wildman–Crippen LogP) is 5.41. The number of aryl methyl sites for hydroxylation is 1. The van der Waals surface area contributed by atoms with Crippen LogP contribution in [0.4, 0.5) is 16.2 Å². The molecule has 0 bridgehead atoms. The van der Waals surface area contributed by atoms with Crippen molar-refractivity contribution in [2.75, 3.05) is 4.90 Å². The van der Waals surface area contributed by atoms with E-state index in [2.05, 4.69) is 26.8 Å². The maximum atomic E-state index is 13.0. The molecule has 2 N–H and O–H groups in total. The minimum atomic E-state index is -0.431. The number of nitrogens with one attached hydrogen (secondary N) is 2. The molecule has 5 nitrogen and oxygen atoms in total. The van der Waals surface area contributed by atoms with Gasteiger partial charge < -0.3 is 0 Å². The number of hydrogen-bond acceptors (Lipinski definition) is 3. The van der Waals surface area contributed by atoms with Crippen LogP contribution in [0.15, 0.2) is 81.0 Å². The number of amides is 3. The number of para-hydroxylation sites is 2. The Balaban J connectivity index is 1.57. The van der Waals surface area contributed by atoms with E-state index >= 15 is 0 Å². The van der Waals surface area contributed by atoms with Gasteiger partial charge in [0.05, 0.1) is 11.4 Å². The molecule has 3 aromatic carbocycles. The molecule has 1 heterocycles. The Hall–Kier alpha value is -2.77. The van der Waals surface area contributed by atoms with Gasteiger partial charge in [-0.25, -0.2) is 10.2 Å². The first kappa shape index (κ1) is 18.6. The lowest BCUT2D eigenvalue weighted by Gasteiger charge is -2.30. The zero-order valence-electron chi connectivity index (χ0n) is 14.9. The van der Waals surface area contributed by atoms with Crippen LogP contribution in [0.2, 0.25) is 0 Å². The number of fused-ring (bicyclic) bond motifs is 2. The van der Waals surface area contributed by atoms with Crippen molar-refractivity contribution in [2.24, 2.45) is 0 Å². The van der Waals surface area contributed by atoms with Crippen molar-refractivity contribution in [2.45, 2.75) is 16.7 Å². The van der Waals surface area contributed by atoms with Crippen LogP contribution in [0.5, 0.6) is 0 Å². The van der Waals surface area contributed by atoms with Crippen molar-refractivity contribution in [1.29, 1.82) is 0 Å². The predicted molar refractivity (Wildman–Crippen MR) is 114 cm³/mol. The number of nitrogens with zero attached hydrogens (tertiary/aromatic N) is 1. The molecule has 0 unspecified atom stereocenters. The normalized spacial score (nSPS) is 12.0. The van der Waals surface area contributed by atoms with E-state index in [1.807, 2.05) is 61.5 Å². The van der Waals surface area contributed by atoms with Gasteiger partial charge in [0, 0.05) is 19.8 Å². The number of urea groups is 1. The highest BCUT2D eigenvalue weighted by Crippen LogP contribution is 2.47. The van der Waals surface area contributed by atoms with E-state index in [0.717, 1.165) is 31.2 Å². The van der Waals surface area contributed by atoms with Gasteiger partial charge in [-0.3, -0.25) is 15.1 Å². The van der Waals surface area contributed by atoms with Gasteiger partial charge in [0.15, 0.2) is 0 Å². The van der Waals surface area contributed by atoms with Gasteiger partial charge in [-0.15, -0.1) is 0 Å².